The molecule has 0 bridgehead atoms. The highest BCUT2D eigenvalue weighted by Gasteiger charge is 2.30. The van der Waals surface area contributed by atoms with Crippen LogP contribution in [0.2, 0.25) is 5.02 Å². The van der Waals surface area contributed by atoms with Crippen molar-refractivity contribution in [3.8, 4) is 0 Å². The Labute approximate surface area is 163 Å². The summed E-state index contributed by atoms with van der Waals surface area (Å²) in [7, 11) is -3.77. The van der Waals surface area contributed by atoms with Gasteiger partial charge >= 0.3 is 0 Å². The van der Waals surface area contributed by atoms with Gasteiger partial charge in [-0.1, -0.05) is 11.6 Å². The van der Waals surface area contributed by atoms with Crippen molar-refractivity contribution in [3.05, 3.63) is 45.6 Å². The van der Waals surface area contributed by atoms with Crippen molar-refractivity contribution in [2.75, 3.05) is 23.9 Å². The van der Waals surface area contributed by atoms with E-state index in [1.165, 1.54) is 27.8 Å². The maximum absolute atomic E-state index is 13.1. The highest BCUT2D eigenvalue weighted by Crippen LogP contribution is 2.32. The molecule has 0 saturated carbocycles. The Morgan fingerprint density at radius 2 is 1.81 bits per heavy atom. The van der Waals surface area contributed by atoms with Gasteiger partial charge in [0, 0.05) is 24.7 Å². The molecule has 0 unspecified atom stereocenters. The second-order valence-electron chi connectivity index (χ2n) is 6.11. The molecular weight excluding hydrogens is 392 g/mol. The summed E-state index contributed by atoms with van der Waals surface area (Å²) in [5, 5.41) is 2.25. The number of piperidine rings is 1. The predicted octanol–water partition coefficient (Wildman–Crippen LogP) is 4.24. The first-order chi connectivity index (χ1) is 12.4. The van der Waals surface area contributed by atoms with Gasteiger partial charge in [-0.15, -0.1) is 11.3 Å². The van der Waals surface area contributed by atoms with Crippen molar-refractivity contribution < 1.29 is 13.2 Å². The number of anilines is 1. The molecule has 0 N–H and O–H groups in total. The molecule has 8 heteroatoms. The van der Waals surface area contributed by atoms with Crippen molar-refractivity contribution in [3.63, 3.8) is 0 Å². The molecule has 2 aromatic rings. The Morgan fingerprint density at radius 1 is 1.15 bits per heavy atom. The Bertz CT molecular complexity index is 872. The molecule has 2 heterocycles. The van der Waals surface area contributed by atoms with Crippen LogP contribution in [0.25, 0.3) is 0 Å². The Morgan fingerprint density at radius 3 is 2.42 bits per heavy atom. The van der Waals surface area contributed by atoms with Gasteiger partial charge in [0.25, 0.3) is 15.9 Å². The average Bonchev–Trinajstić information content (AvgIpc) is 3.12. The Hall–Kier alpha value is -1.57. The average molecular weight is 413 g/mol. The summed E-state index contributed by atoms with van der Waals surface area (Å²) in [5.74, 6) is -0.0838. The number of hydrogen-bond acceptors (Lipinski definition) is 4. The molecule has 140 valence electrons. The van der Waals surface area contributed by atoms with E-state index in [2.05, 4.69) is 0 Å². The number of carbonyl (C=O) groups is 1. The molecule has 1 fully saturated rings. The Kier molecular flexibility index (Phi) is 5.89. The van der Waals surface area contributed by atoms with Crippen LogP contribution in [0, 0.1) is 0 Å². The number of hydrogen-bond donors (Lipinski definition) is 0. The van der Waals surface area contributed by atoms with Crippen molar-refractivity contribution in [2.45, 2.75) is 31.1 Å². The molecule has 5 nitrogen and oxygen atoms in total. The third-order valence-corrected chi connectivity index (χ3v) is 7.49. The first kappa shape index (κ1) is 19.2. The van der Waals surface area contributed by atoms with Gasteiger partial charge in [0.15, 0.2) is 0 Å². The number of halogens is 1. The minimum absolute atomic E-state index is 0.0838. The quantitative estimate of drug-likeness (QED) is 0.737. The van der Waals surface area contributed by atoms with Crippen LogP contribution in [0.4, 0.5) is 5.69 Å². The van der Waals surface area contributed by atoms with E-state index >= 15 is 0 Å². The molecular formula is C18H21ClN2O3S2. The first-order valence-corrected chi connectivity index (χ1v) is 11.3. The zero-order valence-corrected chi connectivity index (χ0v) is 16.9. The van der Waals surface area contributed by atoms with Crippen LogP contribution in [-0.2, 0) is 10.0 Å². The van der Waals surface area contributed by atoms with E-state index in [-0.39, 0.29) is 17.3 Å². The zero-order valence-electron chi connectivity index (χ0n) is 14.5. The van der Waals surface area contributed by atoms with Crippen molar-refractivity contribution in [1.82, 2.24) is 4.90 Å². The maximum Gasteiger partial charge on any atom is 0.266 e. The first-order valence-electron chi connectivity index (χ1n) is 8.60. The number of sulfonamides is 1. The lowest BCUT2D eigenvalue weighted by atomic mass is 10.1. The molecule has 26 heavy (non-hydrogen) atoms. The molecule has 0 radical (unpaired) electrons. The fourth-order valence-corrected chi connectivity index (χ4v) is 5.63. The summed E-state index contributed by atoms with van der Waals surface area (Å²) in [6.45, 7) is 3.46. The second-order valence-corrected chi connectivity index (χ2v) is 9.33. The van der Waals surface area contributed by atoms with Crippen LogP contribution in [0.3, 0.4) is 0 Å². The Balaban J connectivity index is 1.95. The van der Waals surface area contributed by atoms with Crippen molar-refractivity contribution >= 4 is 44.6 Å². The third kappa shape index (κ3) is 3.75. The zero-order chi connectivity index (χ0) is 18.7. The molecule has 0 atom stereocenters. The van der Waals surface area contributed by atoms with E-state index in [9.17, 15) is 13.2 Å². The summed E-state index contributed by atoms with van der Waals surface area (Å²) >= 11 is 7.16. The molecule has 3 rings (SSSR count). The maximum atomic E-state index is 13.1. The molecule has 1 aliphatic rings. The van der Waals surface area contributed by atoms with Crippen LogP contribution in [0.5, 0.6) is 0 Å². The second kappa shape index (κ2) is 7.98. The van der Waals surface area contributed by atoms with Gasteiger partial charge in [0.2, 0.25) is 0 Å². The van der Waals surface area contributed by atoms with Gasteiger partial charge in [0.05, 0.1) is 10.6 Å². The predicted molar refractivity (Wildman–Crippen MR) is 106 cm³/mol. The lowest BCUT2D eigenvalue weighted by molar-refractivity contribution is 0.0730. The standard InChI is InChI=1S/C18H21ClN2O3S2/c1-2-21(26(23,24)15-8-6-14(19)7-9-15)16-10-13-25-17(16)18(22)20-11-4-3-5-12-20/h6-10,13H,2-5,11-12H2,1H3. The van der Waals surface area contributed by atoms with Crippen LogP contribution < -0.4 is 4.31 Å². The molecule has 0 aliphatic carbocycles. The largest absolute Gasteiger partial charge is 0.338 e. The van der Waals surface area contributed by atoms with Crippen molar-refractivity contribution in [1.29, 1.82) is 0 Å². The number of benzene rings is 1. The molecule has 1 aromatic heterocycles. The summed E-state index contributed by atoms with van der Waals surface area (Å²) in [6.07, 6.45) is 3.12. The van der Waals surface area contributed by atoms with Crippen molar-refractivity contribution in [2.24, 2.45) is 0 Å². The summed E-state index contributed by atoms with van der Waals surface area (Å²) in [5.41, 5.74) is 0.447. The highest BCUT2D eigenvalue weighted by molar-refractivity contribution is 7.92. The fraction of sp³-hybridized carbons (Fsp3) is 0.389. The van der Waals surface area contributed by atoms with Gasteiger partial charge in [0.1, 0.15) is 4.88 Å². The highest BCUT2D eigenvalue weighted by atomic mass is 35.5. The number of thiophene rings is 1. The van der Waals surface area contributed by atoms with E-state index in [4.69, 9.17) is 11.6 Å². The SMILES string of the molecule is CCN(c1ccsc1C(=O)N1CCCCC1)S(=O)(=O)c1ccc(Cl)cc1. The lowest BCUT2D eigenvalue weighted by Crippen LogP contribution is -2.37. The monoisotopic (exact) mass is 412 g/mol. The topological polar surface area (TPSA) is 57.7 Å². The molecule has 1 aromatic carbocycles. The molecule has 1 amide bonds. The normalized spacial score (nSPS) is 15.1. The van der Waals surface area contributed by atoms with Gasteiger partial charge < -0.3 is 4.90 Å². The number of nitrogens with zero attached hydrogens (tertiary/aromatic N) is 2. The van der Waals surface area contributed by atoms with E-state index in [0.29, 0.717) is 15.6 Å². The van der Waals surface area contributed by atoms with E-state index in [0.717, 1.165) is 32.4 Å². The minimum Gasteiger partial charge on any atom is -0.338 e. The fourth-order valence-electron chi connectivity index (χ4n) is 3.10. The van der Waals surface area contributed by atoms with Crippen LogP contribution >= 0.6 is 22.9 Å². The van der Waals surface area contributed by atoms with E-state index in [1.807, 2.05) is 4.90 Å². The number of likely N-dealkylation sites (tertiary alicyclic amines) is 1. The van der Waals surface area contributed by atoms with Gasteiger partial charge in [-0.25, -0.2) is 8.42 Å². The number of rotatable bonds is 5. The smallest absolute Gasteiger partial charge is 0.266 e. The van der Waals surface area contributed by atoms with Gasteiger partial charge in [-0.3, -0.25) is 9.10 Å². The number of carbonyl (C=O) groups excluding carboxylic acids is 1. The van der Waals surface area contributed by atoms with E-state index < -0.39 is 10.0 Å². The lowest BCUT2D eigenvalue weighted by Gasteiger charge is -2.28. The van der Waals surface area contributed by atoms with E-state index in [1.54, 1.807) is 30.5 Å². The van der Waals surface area contributed by atoms with Crippen LogP contribution in [0.15, 0.2) is 40.6 Å². The minimum atomic E-state index is -3.77. The summed E-state index contributed by atoms with van der Waals surface area (Å²) in [4.78, 5) is 15.4. The molecule has 1 aliphatic heterocycles. The third-order valence-electron chi connectivity index (χ3n) is 4.44. The van der Waals surface area contributed by atoms with Crippen LogP contribution in [0.1, 0.15) is 35.9 Å². The number of amides is 1. The summed E-state index contributed by atoms with van der Waals surface area (Å²) < 4.78 is 27.5. The van der Waals surface area contributed by atoms with Gasteiger partial charge in [-0.2, -0.15) is 0 Å². The van der Waals surface area contributed by atoms with Gasteiger partial charge in [-0.05, 0) is 61.9 Å². The molecule has 1 saturated heterocycles. The molecule has 0 spiro atoms. The summed E-state index contributed by atoms with van der Waals surface area (Å²) in [6, 6.07) is 7.78. The van der Waals surface area contributed by atoms with Crippen LogP contribution in [-0.4, -0.2) is 38.9 Å².